The summed E-state index contributed by atoms with van der Waals surface area (Å²) >= 11 is 5.92. The standard InChI is InChI=1S/C18H11ClFNO5/c19-9-4-5-11-12(7-9)21-15(13(11)14(17(23)24)18(25)26)16(22)8-2-1-3-10(20)6-8/h1-7,14,21H,(H,23,24)(H,25,26). The normalized spacial score (nSPS) is 11.0. The van der Waals surface area contributed by atoms with Crippen LogP contribution in [0.15, 0.2) is 42.5 Å². The van der Waals surface area contributed by atoms with Crippen LogP contribution in [0.25, 0.3) is 10.9 Å². The molecule has 0 aliphatic carbocycles. The first kappa shape index (κ1) is 17.6. The second-order valence-corrected chi connectivity index (χ2v) is 5.99. The largest absolute Gasteiger partial charge is 0.480 e. The van der Waals surface area contributed by atoms with Crippen molar-refractivity contribution in [2.24, 2.45) is 0 Å². The molecule has 1 aromatic heterocycles. The molecule has 0 bridgehead atoms. The Morgan fingerprint density at radius 1 is 1.04 bits per heavy atom. The number of carbonyl (C=O) groups is 3. The average Bonchev–Trinajstić information content (AvgIpc) is 2.92. The van der Waals surface area contributed by atoms with Crippen LogP contribution in [0.2, 0.25) is 5.02 Å². The summed E-state index contributed by atoms with van der Waals surface area (Å²) in [6.07, 6.45) is 0. The van der Waals surface area contributed by atoms with E-state index < -0.39 is 29.5 Å². The van der Waals surface area contributed by atoms with Crippen LogP contribution in [0.1, 0.15) is 27.5 Å². The summed E-state index contributed by atoms with van der Waals surface area (Å²) in [7, 11) is 0. The van der Waals surface area contributed by atoms with Crippen LogP contribution in [-0.2, 0) is 9.59 Å². The van der Waals surface area contributed by atoms with Crippen molar-refractivity contribution in [1.82, 2.24) is 4.98 Å². The molecule has 2 aromatic carbocycles. The Hall–Kier alpha value is -3.19. The predicted octanol–water partition coefficient (Wildman–Crippen LogP) is 3.44. The number of H-pyrrole nitrogens is 1. The minimum Gasteiger partial charge on any atom is -0.480 e. The van der Waals surface area contributed by atoms with E-state index in [1.807, 2.05) is 0 Å². The molecule has 0 spiro atoms. The van der Waals surface area contributed by atoms with Gasteiger partial charge in [0, 0.05) is 27.1 Å². The number of ketones is 1. The molecule has 0 saturated carbocycles. The van der Waals surface area contributed by atoms with E-state index in [2.05, 4.69) is 4.98 Å². The highest BCUT2D eigenvalue weighted by molar-refractivity contribution is 6.31. The van der Waals surface area contributed by atoms with E-state index in [1.165, 1.54) is 30.3 Å². The topological polar surface area (TPSA) is 107 Å². The maximum absolute atomic E-state index is 13.4. The van der Waals surface area contributed by atoms with Crippen LogP contribution in [0.3, 0.4) is 0 Å². The van der Waals surface area contributed by atoms with Gasteiger partial charge in [-0.25, -0.2) is 4.39 Å². The molecule has 0 aliphatic rings. The number of aliphatic carboxylic acids is 2. The molecule has 0 saturated heterocycles. The number of rotatable bonds is 5. The van der Waals surface area contributed by atoms with E-state index in [0.29, 0.717) is 10.5 Å². The van der Waals surface area contributed by atoms with Gasteiger partial charge in [0.25, 0.3) is 0 Å². The van der Waals surface area contributed by atoms with E-state index >= 15 is 0 Å². The quantitative estimate of drug-likeness (QED) is 0.467. The van der Waals surface area contributed by atoms with Gasteiger partial charge in [-0.05, 0) is 24.3 Å². The first-order valence-corrected chi connectivity index (χ1v) is 7.74. The molecule has 0 radical (unpaired) electrons. The van der Waals surface area contributed by atoms with E-state index in [1.54, 1.807) is 0 Å². The van der Waals surface area contributed by atoms with Gasteiger partial charge < -0.3 is 15.2 Å². The molecular weight excluding hydrogens is 365 g/mol. The Morgan fingerprint density at radius 3 is 2.35 bits per heavy atom. The lowest BCUT2D eigenvalue weighted by molar-refractivity contribution is -0.149. The van der Waals surface area contributed by atoms with Crippen molar-refractivity contribution in [1.29, 1.82) is 0 Å². The van der Waals surface area contributed by atoms with Gasteiger partial charge in [0.1, 0.15) is 5.82 Å². The highest BCUT2D eigenvalue weighted by atomic mass is 35.5. The Bertz CT molecular complexity index is 1040. The fraction of sp³-hybridized carbons (Fsp3) is 0.0556. The van der Waals surface area contributed by atoms with E-state index in [9.17, 15) is 29.0 Å². The molecule has 132 valence electrons. The minimum absolute atomic E-state index is 0.0431. The number of carboxylic acid groups (broad SMARTS) is 2. The third-order valence-electron chi connectivity index (χ3n) is 3.90. The lowest BCUT2D eigenvalue weighted by Gasteiger charge is -2.10. The lowest BCUT2D eigenvalue weighted by Crippen LogP contribution is -2.23. The van der Waals surface area contributed by atoms with Gasteiger partial charge in [-0.2, -0.15) is 0 Å². The third-order valence-corrected chi connectivity index (χ3v) is 4.13. The molecule has 0 fully saturated rings. The van der Waals surface area contributed by atoms with Crippen LogP contribution >= 0.6 is 11.6 Å². The molecule has 8 heteroatoms. The zero-order chi connectivity index (χ0) is 19.0. The van der Waals surface area contributed by atoms with Crippen molar-refractivity contribution >= 4 is 40.2 Å². The van der Waals surface area contributed by atoms with Crippen LogP contribution in [-0.4, -0.2) is 32.9 Å². The predicted molar refractivity (Wildman–Crippen MR) is 91.2 cm³/mol. The lowest BCUT2D eigenvalue weighted by atomic mass is 9.93. The van der Waals surface area contributed by atoms with E-state index in [0.717, 1.165) is 12.1 Å². The molecule has 0 atom stereocenters. The highest BCUT2D eigenvalue weighted by Crippen LogP contribution is 2.33. The van der Waals surface area contributed by atoms with Crippen LogP contribution in [0.4, 0.5) is 4.39 Å². The Morgan fingerprint density at radius 2 is 1.73 bits per heavy atom. The van der Waals surface area contributed by atoms with Crippen LogP contribution in [0.5, 0.6) is 0 Å². The highest BCUT2D eigenvalue weighted by Gasteiger charge is 2.35. The zero-order valence-corrected chi connectivity index (χ0v) is 13.7. The third kappa shape index (κ3) is 3.04. The van der Waals surface area contributed by atoms with Crippen molar-refractivity contribution in [3.05, 3.63) is 70.1 Å². The molecule has 3 N–H and O–H groups in total. The number of aromatic amines is 1. The van der Waals surface area contributed by atoms with Gasteiger partial charge in [-0.15, -0.1) is 0 Å². The SMILES string of the molecule is O=C(c1cccc(F)c1)c1[nH]c2cc(Cl)ccc2c1C(C(=O)O)C(=O)O. The fourth-order valence-electron chi connectivity index (χ4n) is 2.80. The molecule has 0 amide bonds. The summed E-state index contributed by atoms with van der Waals surface area (Å²) in [5.74, 6) is -6.59. The average molecular weight is 376 g/mol. The Kier molecular flexibility index (Phi) is 4.48. The van der Waals surface area contributed by atoms with Crippen molar-refractivity contribution in [3.8, 4) is 0 Å². The maximum atomic E-state index is 13.4. The Labute approximate surface area is 150 Å². The first-order chi connectivity index (χ1) is 12.3. The van der Waals surface area contributed by atoms with Gasteiger partial charge in [-0.3, -0.25) is 14.4 Å². The second kappa shape index (κ2) is 6.61. The molecule has 0 aliphatic heterocycles. The number of carbonyl (C=O) groups excluding carboxylic acids is 1. The Balaban J connectivity index is 2.30. The van der Waals surface area contributed by atoms with Gasteiger partial charge in [0.05, 0.1) is 5.69 Å². The summed E-state index contributed by atoms with van der Waals surface area (Å²) in [4.78, 5) is 38.6. The van der Waals surface area contributed by atoms with Crippen molar-refractivity contribution in [2.75, 3.05) is 0 Å². The summed E-state index contributed by atoms with van der Waals surface area (Å²) in [5, 5.41) is 19.3. The van der Waals surface area contributed by atoms with Crippen molar-refractivity contribution in [3.63, 3.8) is 0 Å². The van der Waals surface area contributed by atoms with Gasteiger partial charge in [0.15, 0.2) is 5.92 Å². The monoisotopic (exact) mass is 375 g/mol. The molecule has 26 heavy (non-hydrogen) atoms. The van der Waals surface area contributed by atoms with Crippen LogP contribution < -0.4 is 0 Å². The summed E-state index contributed by atoms with van der Waals surface area (Å²) in [5.41, 5.74) is -0.174. The molecule has 3 aromatic rings. The summed E-state index contributed by atoms with van der Waals surface area (Å²) < 4.78 is 13.4. The minimum atomic E-state index is -1.97. The van der Waals surface area contributed by atoms with Crippen LogP contribution in [0, 0.1) is 5.82 Å². The number of hydrogen-bond acceptors (Lipinski definition) is 3. The first-order valence-electron chi connectivity index (χ1n) is 7.36. The molecule has 0 unspecified atom stereocenters. The van der Waals surface area contributed by atoms with Crippen molar-refractivity contribution < 1.29 is 29.0 Å². The molecule has 1 heterocycles. The van der Waals surface area contributed by atoms with Gasteiger partial charge in [-0.1, -0.05) is 29.8 Å². The molecule has 6 nitrogen and oxygen atoms in total. The fourth-order valence-corrected chi connectivity index (χ4v) is 2.97. The van der Waals surface area contributed by atoms with Crippen molar-refractivity contribution in [2.45, 2.75) is 5.92 Å². The number of halogens is 2. The number of fused-ring (bicyclic) bond motifs is 1. The molecular formula is C18H11ClFNO5. The van der Waals surface area contributed by atoms with E-state index in [4.69, 9.17) is 11.6 Å². The second-order valence-electron chi connectivity index (χ2n) is 5.55. The van der Waals surface area contributed by atoms with Gasteiger partial charge in [0.2, 0.25) is 5.78 Å². The number of benzene rings is 2. The molecule has 3 rings (SSSR count). The number of hydrogen-bond donors (Lipinski definition) is 3. The maximum Gasteiger partial charge on any atom is 0.322 e. The smallest absolute Gasteiger partial charge is 0.322 e. The van der Waals surface area contributed by atoms with Gasteiger partial charge >= 0.3 is 11.9 Å². The number of nitrogens with one attached hydrogen (secondary N) is 1. The number of carboxylic acids is 2. The number of aromatic nitrogens is 1. The zero-order valence-electron chi connectivity index (χ0n) is 13.0. The van der Waals surface area contributed by atoms with E-state index in [-0.39, 0.29) is 22.2 Å². The summed E-state index contributed by atoms with van der Waals surface area (Å²) in [6, 6.07) is 9.16. The summed E-state index contributed by atoms with van der Waals surface area (Å²) in [6.45, 7) is 0.